The van der Waals surface area contributed by atoms with Gasteiger partial charge in [-0.05, 0) is 18.2 Å². The van der Waals surface area contributed by atoms with E-state index in [0.29, 0.717) is 17.1 Å². The molecular weight excluding hydrogens is 256 g/mol. The molecule has 88 valence electrons. The maximum atomic E-state index is 10.6. The number of carbonyl (C=O) groups excluding carboxylic acids is 1. The predicted molar refractivity (Wildman–Crippen MR) is 71.1 cm³/mol. The van der Waals surface area contributed by atoms with Gasteiger partial charge in [-0.1, -0.05) is 11.6 Å². The van der Waals surface area contributed by atoms with Crippen molar-refractivity contribution in [3.63, 3.8) is 0 Å². The van der Waals surface area contributed by atoms with E-state index < -0.39 is 0 Å². The van der Waals surface area contributed by atoms with Gasteiger partial charge in [0.05, 0.1) is 28.5 Å². The predicted octanol–water partition coefficient (Wildman–Crippen LogP) is 3.25. The second-order valence-electron chi connectivity index (χ2n) is 3.66. The Morgan fingerprint density at radius 3 is 2.94 bits per heavy atom. The molecule has 1 aromatic carbocycles. The molecule has 0 amide bonds. The summed E-state index contributed by atoms with van der Waals surface area (Å²) in [5.74, 6) is 0. The van der Waals surface area contributed by atoms with Gasteiger partial charge in [0.25, 0.3) is 0 Å². The fraction of sp³-hybridized carbons (Fsp3) is 0.167. The van der Waals surface area contributed by atoms with Gasteiger partial charge in [0.15, 0.2) is 0 Å². The highest BCUT2D eigenvalue weighted by molar-refractivity contribution is 7.07. The summed E-state index contributed by atoms with van der Waals surface area (Å²) in [5.41, 5.74) is 4.29. The first-order chi connectivity index (χ1) is 8.20. The van der Waals surface area contributed by atoms with Crippen molar-refractivity contribution in [2.24, 2.45) is 0 Å². The van der Waals surface area contributed by atoms with Crippen molar-refractivity contribution in [3.05, 3.63) is 45.4 Å². The molecule has 0 aliphatic heterocycles. The number of halogens is 1. The lowest BCUT2D eigenvalue weighted by Crippen LogP contribution is -2.17. The Kier molecular flexibility index (Phi) is 3.76. The lowest BCUT2D eigenvalue weighted by atomic mass is 10.2. The molecule has 0 saturated carbocycles. The van der Waals surface area contributed by atoms with Crippen molar-refractivity contribution in [2.45, 2.75) is 6.54 Å². The van der Waals surface area contributed by atoms with Crippen molar-refractivity contribution in [3.8, 4) is 0 Å². The van der Waals surface area contributed by atoms with Gasteiger partial charge < -0.3 is 4.90 Å². The summed E-state index contributed by atoms with van der Waals surface area (Å²) in [4.78, 5) is 16.8. The van der Waals surface area contributed by atoms with Gasteiger partial charge in [0.2, 0.25) is 0 Å². The van der Waals surface area contributed by atoms with Crippen LogP contribution in [0.3, 0.4) is 0 Å². The largest absolute Gasteiger partial charge is 0.367 e. The summed E-state index contributed by atoms with van der Waals surface area (Å²) in [6, 6.07) is 5.27. The van der Waals surface area contributed by atoms with Crippen LogP contribution in [0.5, 0.6) is 0 Å². The van der Waals surface area contributed by atoms with Crippen LogP contribution in [-0.2, 0) is 6.54 Å². The Hall–Kier alpha value is -1.39. The molecule has 0 fully saturated rings. The highest BCUT2D eigenvalue weighted by Crippen LogP contribution is 2.26. The van der Waals surface area contributed by atoms with Crippen molar-refractivity contribution < 1.29 is 4.79 Å². The molecule has 0 spiro atoms. The smallest absolute Gasteiger partial charge is 0.150 e. The fourth-order valence-electron chi connectivity index (χ4n) is 1.55. The van der Waals surface area contributed by atoms with Crippen LogP contribution in [-0.4, -0.2) is 18.3 Å². The standard InChI is InChI=1S/C12H11ClN2OS/c1-15(5-10-7-17-8-14-10)12-3-2-9(6-16)4-11(12)13/h2-4,6-8H,5H2,1H3. The Labute approximate surface area is 109 Å². The third-order valence-corrected chi connectivity index (χ3v) is 3.34. The van der Waals surface area contributed by atoms with Crippen LogP contribution in [0.1, 0.15) is 16.1 Å². The second-order valence-corrected chi connectivity index (χ2v) is 4.79. The van der Waals surface area contributed by atoms with Crippen LogP contribution in [0.2, 0.25) is 5.02 Å². The van der Waals surface area contributed by atoms with Crippen molar-refractivity contribution in [1.82, 2.24) is 4.98 Å². The summed E-state index contributed by atoms with van der Waals surface area (Å²) in [6.07, 6.45) is 0.788. The lowest BCUT2D eigenvalue weighted by Gasteiger charge is -2.19. The Balaban J connectivity index is 2.19. The molecule has 0 unspecified atom stereocenters. The number of aromatic nitrogens is 1. The van der Waals surface area contributed by atoms with Crippen molar-refractivity contribution in [2.75, 3.05) is 11.9 Å². The number of nitrogens with zero attached hydrogens (tertiary/aromatic N) is 2. The van der Waals surface area contributed by atoms with E-state index in [-0.39, 0.29) is 0 Å². The van der Waals surface area contributed by atoms with Crippen LogP contribution >= 0.6 is 22.9 Å². The van der Waals surface area contributed by atoms with Crippen LogP contribution in [0.15, 0.2) is 29.1 Å². The molecule has 0 N–H and O–H groups in total. The van der Waals surface area contributed by atoms with Gasteiger partial charge in [-0.25, -0.2) is 4.98 Å². The third kappa shape index (κ3) is 2.84. The summed E-state index contributed by atoms with van der Waals surface area (Å²) in [6.45, 7) is 0.698. The molecule has 2 aromatic rings. The minimum Gasteiger partial charge on any atom is -0.367 e. The van der Waals surface area contributed by atoms with E-state index in [9.17, 15) is 4.79 Å². The molecule has 1 heterocycles. The number of hydrogen-bond acceptors (Lipinski definition) is 4. The molecule has 3 nitrogen and oxygen atoms in total. The van der Waals surface area contributed by atoms with E-state index >= 15 is 0 Å². The highest BCUT2D eigenvalue weighted by Gasteiger charge is 2.08. The number of thiazole rings is 1. The topological polar surface area (TPSA) is 33.2 Å². The van der Waals surface area contributed by atoms with Crippen molar-refractivity contribution >= 4 is 34.9 Å². The normalized spacial score (nSPS) is 10.2. The first kappa shape index (κ1) is 12.1. The minimum absolute atomic E-state index is 0.576. The molecule has 0 bridgehead atoms. The molecule has 0 aliphatic rings. The molecule has 0 aliphatic carbocycles. The third-order valence-electron chi connectivity index (χ3n) is 2.40. The molecule has 0 radical (unpaired) electrons. The zero-order valence-corrected chi connectivity index (χ0v) is 10.8. The maximum absolute atomic E-state index is 10.6. The van der Waals surface area contributed by atoms with Crippen molar-refractivity contribution in [1.29, 1.82) is 0 Å². The van der Waals surface area contributed by atoms with E-state index in [1.165, 1.54) is 0 Å². The van der Waals surface area contributed by atoms with E-state index in [4.69, 9.17) is 11.6 Å². The van der Waals surface area contributed by atoms with E-state index in [2.05, 4.69) is 4.98 Å². The van der Waals surface area contributed by atoms with E-state index in [1.807, 2.05) is 23.4 Å². The van der Waals surface area contributed by atoms with Crippen LogP contribution < -0.4 is 4.90 Å². The number of anilines is 1. The summed E-state index contributed by atoms with van der Waals surface area (Å²) >= 11 is 7.69. The molecule has 0 atom stereocenters. The molecular formula is C12H11ClN2OS. The maximum Gasteiger partial charge on any atom is 0.150 e. The quantitative estimate of drug-likeness (QED) is 0.797. The van der Waals surface area contributed by atoms with Gasteiger partial charge in [-0.3, -0.25) is 4.79 Å². The van der Waals surface area contributed by atoms with E-state index in [0.717, 1.165) is 17.7 Å². The van der Waals surface area contributed by atoms with Crippen LogP contribution in [0.25, 0.3) is 0 Å². The molecule has 2 rings (SSSR count). The molecule has 5 heteroatoms. The minimum atomic E-state index is 0.576. The Bertz CT molecular complexity index is 513. The number of carbonyl (C=O) groups is 1. The molecule has 17 heavy (non-hydrogen) atoms. The second kappa shape index (κ2) is 5.29. The number of rotatable bonds is 4. The Morgan fingerprint density at radius 1 is 1.53 bits per heavy atom. The van der Waals surface area contributed by atoms with Gasteiger partial charge in [0.1, 0.15) is 6.29 Å². The highest BCUT2D eigenvalue weighted by atomic mass is 35.5. The molecule has 0 saturated heterocycles. The summed E-state index contributed by atoms with van der Waals surface area (Å²) < 4.78 is 0. The summed E-state index contributed by atoms with van der Waals surface area (Å²) in [5, 5.41) is 2.58. The summed E-state index contributed by atoms with van der Waals surface area (Å²) in [7, 11) is 1.95. The SMILES string of the molecule is CN(Cc1cscn1)c1ccc(C=O)cc1Cl. The van der Waals surface area contributed by atoms with Crippen LogP contribution in [0.4, 0.5) is 5.69 Å². The van der Waals surface area contributed by atoms with Gasteiger partial charge in [-0.15, -0.1) is 11.3 Å². The zero-order valence-electron chi connectivity index (χ0n) is 9.26. The first-order valence-electron chi connectivity index (χ1n) is 5.03. The van der Waals surface area contributed by atoms with Gasteiger partial charge in [0, 0.05) is 18.0 Å². The average molecular weight is 267 g/mol. The van der Waals surface area contributed by atoms with Gasteiger partial charge >= 0.3 is 0 Å². The number of hydrogen-bond donors (Lipinski definition) is 0. The number of aldehydes is 1. The Morgan fingerprint density at radius 2 is 2.35 bits per heavy atom. The van der Waals surface area contributed by atoms with E-state index in [1.54, 1.807) is 29.0 Å². The average Bonchev–Trinajstić information content (AvgIpc) is 2.81. The molecule has 1 aromatic heterocycles. The van der Waals surface area contributed by atoms with Crippen LogP contribution in [0, 0.1) is 0 Å². The lowest BCUT2D eigenvalue weighted by molar-refractivity contribution is 0.112. The monoisotopic (exact) mass is 266 g/mol. The van der Waals surface area contributed by atoms with Gasteiger partial charge in [-0.2, -0.15) is 0 Å². The zero-order chi connectivity index (χ0) is 12.3. The fourth-order valence-corrected chi connectivity index (χ4v) is 2.43. The number of benzene rings is 1. The first-order valence-corrected chi connectivity index (χ1v) is 6.35.